The number of carbonyl (C=O) groups is 2. The van der Waals surface area contributed by atoms with Gasteiger partial charge in [-0.15, -0.1) is 0 Å². The Kier molecular flexibility index (Phi) is 6.70. The van der Waals surface area contributed by atoms with E-state index in [9.17, 15) is 9.59 Å². The number of nitrogens with zero attached hydrogens (tertiary/aromatic N) is 3. The number of pyridine rings is 1. The fourth-order valence-corrected chi connectivity index (χ4v) is 3.73. The molecular weight excluding hydrogens is 440 g/mol. The molecule has 7 nitrogen and oxygen atoms in total. The minimum Gasteiger partial charge on any atom is -0.452 e. The Morgan fingerprint density at radius 3 is 2.64 bits per heavy atom. The maximum atomic E-state index is 12.4. The van der Waals surface area contributed by atoms with E-state index in [-0.39, 0.29) is 12.5 Å². The second-order valence-corrected chi connectivity index (χ2v) is 8.07. The first-order valence-corrected chi connectivity index (χ1v) is 10.9. The molecule has 1 amide bonds. The minimum absolute atomic E-state index is 0.311. The van der Waals surface area contributed by atoms with E-state index < -0.39 is 5.97 Å². The maximum Gasteiger partial charge on any atom is 0.338 e. The lowest BCUT2D eigenvalue weighted by atomic mass is 10.1. The summed E-state index contributed by atoms with van der Waals surface area (Å²) in [5.41, 5.74) is 4.96. The van der Waals surface area contributed by atoms with E-state index in [1.165, 1.54) is 0 Å². The molecule has 0 aliphatic heterocycles. The number of hydrogen-bond donors (Lipinski definition) is 1. The standard InChI is InChI=1S/C25H23ClN4O3/c1-16-21(17(2)30(29-16)14-18-6-4-3-5-7-18)13-27-24(31)15-33-25(32)20-8-10-22-19(12-20)9-11-23(26)28-22/h3-12H,13-15H2,1-2H3,(H,27,31). The summed E-state index contributed by atoms with van der Waals surface area (Å²) in [6, 6.07) is 18.4. The predicted octanol–water partition coefficient (Wildman–Crippen LogP) is 4.22. The zero-order valence-corrected chi connectivity index (χ0v) is 19.1. The number of hydrogen-bond acceptors (Lipinski definition) is 5. The van der Waals surface area contributed by atoms with Crippen LogP contribution in [0.25, 0.3) is 10.9 Å². The first kappa shape index (κ1) is 22.5. The van der Waals surface area contributed by atoms with Crippen LogP contribution < -0.4 is 5.32 Å². The van der Waals surface area contributed by atoms with Crippen LogP contribution in [0.15, 0.2) is 60.7 Å². The van der Waals surface area contributed by atoms with Crippen molar-refractivity contribution < 1.29 is 14.3 Å². The summed E-state index contributed by atoms with van der Waals surface area (Å²) < 4.78 is 7.10. The Bertz CT molecular complexity index is 1320. The van der Waals surface area contributed by atoms with Crippen molar-refractivity contribution in [2.45, 2.75) is 26.9 Å². The predicted molar refractivity (Wildman–Crippen MR) is 126 cm³/mol. The number of nitrogens with one attached hydrogen (secondary N) is 1. The van der Waals surface area contributed by atoms with Gasteiger partial charge in [0.25, 0.3) is 5.91 Å². The third kappa shape index (κ3) is 5.38. The van der Waals surface area contributed by atoms with Gasteiger partial charge < -0.3 is 10.1 Å². The first-order chi connectivity index (χ1) is 15.9. The summed E-state index contributed by atoms with van der Waals surface area (Å²) in [4.78, 5) is 28.8. The number of aryl methyl sites for hydroxylation is 1. The molecule has 2 aromatic heterocycles. The van der Waals surface area contributed by atoms with Crippen LogP contribution in [-0.2, 0) is 22.6 Å². The Balaban J connectivity index is 1.32. The third-order valence-electron chi connectivity index (χ3n) is 5.39. The summed E-state index contributed by atoms with van der Waals surface area (Å²) in [5.74, 6) is -0.961. The van der Waals surface area contributed by atoms with E-state index in [1.807, 2.05) is 48.9 Å². The van der Waals surface area contributed by atoms with Crippen molar-refractivity contribution in [1.82, 2.24) is 20.1 Å². The number of amides is 1. The first-order valence-electron chi connectivity index (χ1n) is 10.5. The highest BCUT2D eigenvalue weighted by molar-refractivity contribution is 6.29. The quantitative estimate of drug-likeness (QED) is 0.328. The highest BCUT2D eigenvalue weighted by Crippen LogP contribution is 2.18. The van der Waals surface area contributed by atoms with E-state index in [0.717, 1.165) is 27.9 Å². The molecule has 0 aliphatic carbocycles. The molecule has 0 atom stereocenters. The van der Waals surface area contributed by atoms with Crippen molar-refractivity contribution in [2.24, 2.45) is 0 Å². The summed E-state index contributed by atoms with van der Waals surface area (Å²) in [7, 11) is 0. The van der Waals surface area contributed by atoms with Crippen LogP contribution in [0.1, 0.15) is 32.9 Å². The molecule has 0 bridgehead atoms. The van der Waals surface area contributed by atoms with Crippen LogP contribution in [-0.4, -0.2) is 33.2 Å². The molecule has 2 heterocycles. The smallest absolute Gasteiger partial charge is 0.338 e. The van der Waals surface area contributed by atoms with Crippen molar-refractivity contribution in [3.8, 4) is 0 Å². The van der Waals surface area contributed by atoms with Gasteiger partial charge in [-0.1, -0.05) is 41.9 Å². The SMILES string of the molecule is Cc1nn(Cc2ccccc2)c(C)c1CNC(=O)COC(=O)c1ccc2nc(Cl)ccc2c1. The molecule has 1 N–H and O–H groups in total. The third-order valence-corrected chi connectivity index (χ3v) is 5.60. The van der Waals surface area contributed by atoms with Crippen LogP contribution in [0.4, 0.5) is 0 Å². The normalized spacial score (nSPS) is 10.9. The second kappa shape index (κ2) is 9.83. The van der Waals surface area contributed by atoms with Crippen LogP contribution in [0.5, 0.6) is 0 Å². The largest absolute Gasteiger partial charge is 0.452 e. The maximum absolute atomic E-state index is 12.4. The number of ether oxygens (including phenoxy) is 1. The molecule has 0 fully saturated rings. The Morgan fingerprint density at radius 1 is 1.06 bits per heavy atom. The lowest BCUT2D eigenvalue weighted by Crippen LogP contribution is -2.28. The summed E-state index contributed by atoms with van der Waals surface area (Å²) >= 11 is 5.88. The van der Waals surface area contributed by atoms with E-state index in [0.29, 0.717) is 29.3 Å². The van der Waals surface area contributed by atoms with Crippen molar-refractivity contribution in [2.75, 3.05) is 6.61 Å². The average Bonchev–Trinajstić information content (AvgIpc) is 3.08. The zero-order chi connectivity index (χ0) is 23.4. The lowest BCUT2D eigenvalue weighted by Gasteiger charge is -2.08. The lowest BCUT2D eigenvalue weighted by molar-refractivity contribution is -0.124. The molecule has 0 spiro atoms. The van der Waals surface area contributed by atoms with Gasteiger partial charge in [0, 0.05) is 23.2 Å². The van der Waals surface area contributed by atoms with Gasteiger partial charge in [0.05, 0.1) is 23.3 Å². The number of halogens is 1. The topological polar surface area (TPSA) is 86.1 Å². The Hall–Kier alpha value is -3.71. The monoisotopic (exact) mass is 462 g/mol. The number of carbonyl (C=O) groups excluding carboxylic acids is 2. The number of fused-ring (bicyclic) bond motifs is 1. The van der Waals surface area contributed by atoms with Crippen LogP contribution in [0, 0.1) is 13.8 Å². The highest BCUT2D eigenvalue weighted by atomic mass is 35.5. The summed E-state index contributed by atoms with van der Waals surface area (Å²) in [6.45, 7) is 4.49. The van der Waals surface area contributed by atoms with Gasteiger partial charge in [0.2, 0.25) is 0 Å². The number of esters is 1. The Morgan fingerprint density at radius 2 is 1.85 bits per heavy atom. The van der Waals surface area contributed by atoms with E-state index in [2.05, 4.69) is 15.4 Å². The molecule has 0 saturated heterocycles. The summed E-state index contributed by atoms with van der Waals surface area (Å²) in [5, 5.41) is 8.54. The molecule has 0 radical (unpaired) electrons. The molecule has 0 unspecified atom stereocenters. The van der Waals surface area contributed by atoms with Gasteiger partial charge in [-0.25, -0.2) is 9.78 Å². The summed E-state index contributed by atoms with van der Waals surface area (Å²) in [6.07, 6.45) is 0. The Labute approximate surface area is 196 Å². The van der Waals surface area contributed by atoms with Gasteiger partial charge >= 0.3 is 5.97 Å². The van der Waals surface area contributed by atoms with Crippen LogP contribution in [0.2, 0.25) is 5.15 Å². The van der Waals surface area contributed by atoms with Crippen molar-refractivity contribution in [3.63, 3.8) is 0 Å². The van der Waals surface area contributed by atoms with Crippen molar-refractivity contribution in [3.05, 3.63) is 93.9 Å². The molecule has 0 aliphatic rings. The molecule has 33 heavy (non-hydrogen) atoms. The van der Waals surface area contributed by atoms with Crippen LogP contribution >= 0.6 is 11.6 Å². The number of benzene rings is 2. The van der Waals surface area contributed by atoms with E-state index in [4.69, 9.17) is 16.3 Å². The zero-order valence-electron chi connectivity index (χ0n) is 18.3. The molecular formula is C25H23ClN4O3. The molecule has 4 rings (SSSR count). The minimum atomic E-state index is -0.579. The number of aromatic nitrogens is 3. The van der Waals surface area contributed by atoms with Gasteiger partial charge in [0.15, 0.2) is 6.61 Å². The molecule has 4 aromatic rings. The number of rotatable bonds is 7. The van der Waals surface area contributed by atoms with Gasteiger partial charge in [-0.2, -0.15) is 5.10 Å². The van der Waals surface area contributed by atoms with Gasteiger partial charge in [-0.3, -0.25) is 9.48 Å². The van der Waals surface area contributed by atoms with Crippen LogP contribution in [0.3, 0.4) is 0 Å². The van der Waals surface area contributed by atoms with E-state index in [1.54, 1.807) is 30.3 Å². The molecule has 0 saturated carbocycles. The average molecular weight is 463 g/mol. The highest BCUT2D eigenvalue weighted by Gasteiger charge is 2.15. The molecule has 2 aromatic carbocycles. The second-order valence-electron chi connectivity index (χ2n) is 7.69. The van der Waals surface area contributed by atoms with Crippen molar-refractivity contribution >= 4 is 34.4 Å². The fraction of sp³-hybridized carbons (Fsp3) is 0.200. The fourth-order valence-electron chi connectivity index (χ4n) is 3.58. The van der Waals surface area contributed by atoms with E-state index >= 15 is 0 Å². The molecule has 168 valence electrons. The molecule has 8 heteroatoms. The van der Waals surface area contributed by atoms with Crippen molar-refractivity contribution in [1.29, 1.82) is 0 Å². The van der Waals surface area contributed by atoms with Gasteiger partial charge in [-0.05, 0) is 49.7 Å². The van der Waals surface area contributed by atoms with Gasteiger partial charge in [0.1, 0.15) is 5.15 Å².